The Labute approximate surface area is 118 Å². The van der Waals surface area contributed by atoms with Crippen LogP contribution in [0.2, 0.25) is 0 Å². The van der Waals surface area contributed by atoms with Crippen LogP contribution in [0.15, 0.2) is 30.3 Å². The number of likely N-dealkylation sites (tertiary alicyclic amines) is 1. The largest absolute Gasteiger partial charge is 0.481 e. The van der Waals surface area contributed by atoms with Crippen molar-refractivity contribution in [1.82, 2.24) is 4.90 Å². The van der Waals surface area contributed by atoms with E-state index in [9.17, 15) is 9.59 Å². The lowest BCUT2D eigenvalue weighted by atomic mass is 10.1. The molecule has 0 spiro atoms. The molecule has 5 heteroatoms. The molecule has 1 aliphatic heterocycles. The van der Waals surface area contributed by atoms with E-state index in [1.54, 1.807) is 11.9 Å². The van der Waals surface area contributed by atoms with Gasteiger partial charge in [-0.05, 0) is 31.5 Å². The van der Waals surface area contributed by atoms with Gasteiger partial charge in [-0.25, -0.2) is 0 Å². The van der Waals surface area contributed by atoms with E-state index >= 15 is 0 Å². The number of benzene rings is 1. The molecule has 1 atom stereocenters. The number of aliphatic carboxylic acids is 1. The number of nitrogens with zero attached hydrogens (tertiary/aromatic N) is 2. The maximum atomic E-state index is 12.3. The molecule has 2 rings (SSSR count). The summed E-state index contributed by atoms with van der Waals surface area (Å²) in [5, 5.41) is 8.89. The molecular weight excluding hydrogens is 256 g/mol. The van der Waals surface area contributed by atoms with E-state index in [1.165, 1.54) is 0 Å². The molecule has 1 aliphatic rings. The van der Waals surface area contributed by atoms with Crippen molar-refractivity contribution in [2.45, 2.75) is 25.3 Å². The summed E-state index contributed by atoms with van der Waals surface area (Å²) in [5.41, 5.74) is 0.853. The van der Waals surface area contributed by atoms with Crippen molar-refractivity contribution >= 4 is 17.6 Å². The van der Waals surface area contributed by atoms with Gasteiger partial charge < -0.3 is 10.0 Å². The zero-order valence-corrected chi connectivity index (χ0v) is 11.7. The summed E-state index contributed by atoms with van der Waals surface area (Å²) in [6.45, 7) is 1.08. The average Bonchev–Trinajstić information content (AvgIpc) is 2.85. The number of carbonyl (C=O) groups excluding carboxylic acids is 1. The second-order valence-corrected chi connectivity index (χ2v) is 5.15. The van der Waals surface area contributed by atoms with E-state index in [0.717, 1.165) is 25.1 Å². The highest BCUT2D eigenvalue weighted by atomic mass is 16.4. The van der Waals surface area contributed by atoms with Gasteiger partial charge >= 0.3 is 5.97 Å². The van der Waals surface area contributed by atoms with E-state index in [-0.39, 0.29) is 24.9 Å². The molecule has 108 valence electrons. The minimum Gasteiger partial charge on any atom is -0.481 e. The number of carboxylic acids is 1. The fourth-order valence-electron chi connectivity index (χ4n) is 2.61. The normalized spacial score (nSPS) is 18.9. The lowest BCUT2D eigenvalue weighted by Crippen LogP contribution is -2.41. The first-order valence-corrected chi connectivity index (χ1v) is 6.85. The zero-order valence-electron chi connectivity index (χ0n) is 11.7. The summed E-state index contributed by atoms with van der Waals surface area (Å²) in [7, 11) is 1.75. The summed E-state index contributed by atoms with van der Waals surface area (Å²) in [6.07, 6.45) is 1.93. The molecule has 20 heavy (non-hydrogen) atoms. The van der Waals surface area contributed by atoms with Crippen LogP contribution in [0.1, 0.15) is 19.3 Å². The minimum absolute atomic E-state index is 0.00603. The number of anilines is 1. The molecule has 5 nitrogen and oxygen atoms in total. The zero-order chi connectivity index (χ0) is 14.5. The number of likely N-dealkylation sites (N-methyl/N-ethyl adjacent to an activating group) is 1. The van der Waals surface area contributed by atoms with Crippen molar-refractivity contribution in [2.24, 2.45) is 0 Å². The highest BCUT2D eigenvalue weighted by molar-refractivity contribution is 5.94. The smallest absolute Gasteiger partial charge is 0.304 e. The lowest BCUT2D eigenvalue weighted by Gasteiger charge is -2.25. The van der Waals surface area contributed by atoms with Gasteiger partial charge in [0.05, 0.1) is 13.0 Å². The first-order valence-electron chi connectivity index (χ1n) is 6.85. The maximum Gasteiger partial charge on any atom is 0.304 e. The fraction of sp³-hybridized carbons (Fsp3) is 0.467. The molecule has 1 aromatic carbocycles. The fourth-order valence-corrected chi connectivity index (χ4v) is 2.61. The van der Waals surface area contributed by atoms with Crippen LogP contribution in [0, 0.1) is 0 Å². The molecular formula is C15H20N2O3. The summed E-state index contributed by atoms with van der Waals surface area (Å²) < 4.78 is 0. The SMILES string of the molecule is CN(C(=O)CN1CCCC1CC(=O)O)c1ccccc1. The van der Waals surface area contributed by atoms with Crippen LogP contribution >= 0.6 is 0 Å². The maximum absolute atomic E-state index is 12.3. The van der Waals surface area contributed by atoms with Crippen molar-refractivity contribution in [3.05, 3.63) is 30.3 Å². The number of rotatable bonds is 5. The van der Waals surface area contributed by atoms with E-state index in [1.807, 2.05) is 35.2 Å². The number of hydrogen-bond acceptors (Lipinski definition) is 3. The Bertz CT molecular complexity index is 475. The van der Waals surface area contributed by atoms with Crippen LogP contribution in [0.5, 0.6) is 0 Å². The van der Waals surface area contributed by atoms with Crippen LogP contribution in [0.25, 0.3) is 0 Å². The topological polar surface area (TPSA) is 60.9 Å². The molecule has 0 radical (unpaired) electrons. The Balaban J connectivity index is 1.95. The standard InChI is InChI=1S/C15H20N2O3/c1-16(12-6-3-2-4-7-12)14(18)11-17-9-5-8-13(17)10-15(19)20/h2-4,6-7,13H,5,8-11H2,1H3,(H,19,20). The summed E-state index contributed by atoms with van der Waals surface area (Å²) in [6, 6.07) is 9.45. The molecule has 1 saturated heterocycles. The van der Waals surface area contributed by atoms with E-state index < -0.39 is 5.97 Å². The third kappa shape index (κ3) is 3.57. The van der Waals surface area contributed by atoms with Crippen LogP contribution in [-0.2, 0) is 9.59 Å². The lowest BCUT2D eigenvalue weighted by molar-refractivity contribution is -0.138. The second-order valence-electron chi connectivity index (χ2n) is 5.15. The van der Waals surface area contributed by atoms with Gasteiger partial charge in [0.25, 0.3) is 0 Å². The third-order valence-electron chi connectivity index (χ3n) is 3.77. The Kier molecular flexibility index (Phi) is 4.74. The van der Waals surface area contributed by atoms with Crippen molar-refractivity contribution in [1.29, 1.82) is 0 Å². The van der Waals surface area contributed by atoms with Crippen LogP contribution in [0.4, 0.5) is 5.69 Å². The molecule has 1 N–H and O–H groups in total. The van der Waals surface area contributed by atoms with Crippen molar-refractivity contribution in [2.75, 3.05) is 25.0 Å². The molecule has 1 fully saturated rings. The minimum atomic E-state index is -0.800. The van der Waals surface area contributed by atoms with Crippen molar-refractivity contribution in [3.8, 4) is 0 Å². The van der Waals surface area contributed by atoms with Gasteiger partial charge in [0.15, 0.2) is 0 Å². The molecule has 1 heterocycles. The molecule has 0 bridgehead atoms. The third-order valence-corrected chi connectivity index (χ3v) is 3.77. The predicted molar refractivity (Wildman–Crippen MR) is 76.7 cm³/mol. The van der Waals surface area contributed by atoms with E-state index in [0.29, 0.717) is 0 Å². The molecule has 1 unspecified atom stereocenters. The van der Waals surface area contributed by atoms with Gasteiger partial charge in [-0.1, -0.05) is 18.2 Å². The van der Waals surface area contributed by atoms with Crippen LogP contribution < -0.4 is 4.90 Å². The molecule has 0 saturated carbocycles. The van der Waals surface area contributed by atoms with Gasteiger partial charge in [0, 0.05) is 18.8 Å². The molecule has 0 aromatic heterocycles. The van der Waals surface area contributed by atoms with Gasteiger partial charge in [-0.3, -0.25) is 14.5 Å². The molecule has 0 aliphatic carbocycles. The second kappa shape index (κ2) is 6.52. The van der Waals surface area contributed by atoms with Gasteiger partial charge in [-0.15, -0.1) is 0 Å². The summed E-state index contributed by atoms with van der Waals surface area (Å²) in [5.74, 6) is -0.806. The first kappa shape index (κ1) is 14.5. The van der Waals surface area contributed by atoms with Crippen molar-refractivity contribution < 1.29 is 14.7 Å². The Morgan fingerprint density at radius 1 is 1.35 bits per heavy atom. The summed E-state index contributed by atoms with van der Waals surface area (Å²) >= 11 is 0. The number of carboxylic acid groups (broad SMARTS) is 1. The first-order chi connectivity index (χ1) is 9.58. The van der Waals surface area contributed by atoms with E-state index in [4.69, 9.17) is 5.11 Å². The highest BCUT2D eigenvalue weighted by Crippen LogP contribution is 2.20. The monoisotopic (exact) mass is 276 g/mol. The van der Waals surface area contributed by atoms with Crippen LogP contribution in [-0.4, -0.2) is 48.1 Å². The van der Waals surface area contributed by atoms with Gasteiger partial charge in [0.1, 0.15) is 0 Å². The number of para-hydroxylation sites is 1. The van der Waals surface area contributed by atoms with Gasteiger partial charge in [-0.2, -0.15) is 0 Å². The molecule has 1 amide bonds. The average molecular weight is 276 g/mol. The van der Waals surface area contributed by atoms with Crippen LogP contribution in [0.3, 0.4) is 0 Å². The Morgan fingerprint density at radius 2 is 2.05 bits per heavy atom. The summed E-state index contributed by atoms with van der Waals surface area (Å²) in [4.78, 5) is 26.7. The Hall–Kier alpha value is -1.88. The van der Waals surface area contributed by atoms with E-state index in [2.05, 4.69) is 0 Å². The van der Waals surface area contributed by atoms with Crippen molar-refractivity contribution in [3.63, 3.8) is 0 Å². The molecule has 1 aromatic rings. The highest BCUT2D eigenvalue weighted by Gasteiger charge is 2.28. The quantitative estimate of drug-likeness (QED) is 0.887. The Morgan fingerprint density at radius 3 is 2.70 bits per heavy atom. The number of hydrogen-bond donors (Lipinski definition) is 1. The van der Waals surface area contributed by atoms with Gasteiger partial charge in [0.2, 0.25) is 5.91 Å². The predicted octanol–water partition coefficient (Wildman–Crippen LogP) is 1.59. The number of carbonyl (C=O) groups is 2. The number of amides is 1.